The van der Waals surface area contributed by atoms with Crippen LogP contribution in [0.5, 0.6) is 0 Å². The molecule has 0 atom stereocenters. The first-order chi connectivity index (χ1) is 7.68. The maximum absolute atomic E-state index is 11.3. The van der Waals surface area contributed by atoms with E-state index < -0.39 is 17.2 Å². The number of hydrogen-bond donors (Lipinski definition) is 2. The van der Waals surface area contributed by atoms with Crippen LogP contribution >= 0.6 is 0 Å². The average Bonchev–Trinajstić information content (AvgIpc) is 2.29. The lowest BCUT2D eigenvalue weighted by Crippen LogP contribution is -2.21. The van der Waals surface area contributed by atoms with E-state index in [-0.39, 0.29) is 5.82 Å². The van der Waals surface area contributed by atoms with Gasteiger partial charge in [-0.15, -0.1) is 10.2 Å². The van der Waals surface area contributed by atoms with Crippen LogP contribution in [0.25, 0.3) is 11.4 Å². The molecule has 1 aromatic heterocycles. The third-order valence-electron chi connectivity index (χ3n) is 1.95. The van der Waals surface area contributed by atoms with Gasteiger partial charge in [-0.3, -0.25) is 4.79 Å². The molecule has 0 amide bonds. The number of nitrogens with one attached hydrogen (secondary N) is 1. The van der Waals surface area contributed by atoms with E-state index in [0.29, 0.717) is 5.56 Å². The van der Waals surface area contributed by atoms with Crippen molar-refractivity contribution in [1.82, 2.24) is 15.2 Å². The zero-order valence-corrected chi connectivity index (χ0v) is 8.04. The SMILES string of the molecule is O=C(O)c1nnc(-c2ccccc2)[nH]c1=O. The Bertz CT molecular complexity index is 577. The maximum Gasteiger partial charge on any atom is 0.362 e. The largest absolute Gasteiger partial charge is 0.476 e. The fourth-order valence-corrected chi connectivity index (χ4v) is 1.20. The number of aromatic carboxylic acids is 1. The fraction of sp³-hybridized carbons (Fsp3) is 0. The Morgan fingerprint density at radius 2 is 1.88 bits per heavy atom. The second-order valence-corrected chi connectivity index (χ2v) is 3.02. The monoisotopic (exact) mass is 217 g/mol. The predicted octanol–water partition coefficient (Wildman–Crippen LogP) is 0.530. The molecule has 0 radical (unpaired) electrons. The number of carbonyl (C=O) groups is 1. The van der Waals surface area contributed by atoms with Crippen molar-refractivity contribution in [2.75, 3.05) is 0 Å². The topological polar surface area (TPSA) is 95.9 Å². The molecule has 2 rings (SSSR count). The molecule has 0 spiro atoms. The molecule has 0 aliphatic heterocycles. The Morgan fingerprint density at radius 1 is 1.19 bits per heavy atom. The fourth-order valence-electron chi connectivity index (χ4n) is 1.20. The van der Waals surface area contributed by atoms with Crippen molar-refractivity contribution in [2.24, 2.45) is 0 Å². The molecule has 80 valence electrons. The number of aromatic amines is 1. The average molecular weight is 217 g/mol. The Morgan fingerprint density at radius 3 is 2.44 bits per heavy atom. The third kappa shape index (κ3) is 1.81. The molecule has 0 bridgehead atoms. The highest BCUT2D eigenvalue weighted by Crippen LogP contribution is 2.10. The van der Waals surface area contributed by atoms with Gasteiger partial charge < -0.3 is 10.1 Å². The zero-order chi connectivity index (χ0) is 11.5. The molecule has 0 aliphatic rings. The van der Waals surface area contributed by atoms with Crippen LogP contribution in [0.2, 0.25) is 0 Å². The molecule has 0 saturated heterocycles. The van der Waals surface area contributed by atoms with Crippen LogP contribution in [0, 0.1) is 0 Å². The summed E-state index contributed by atoms with van der Waals surface area (Å²) in [6, 6.07) is 8.85. The van der Waals surface area contributed by atoms with E-state index in [9.17, 15) is 9.59 Å². The molecular weight excluding hydrogens is 210 g/mol. The van der Waals surface area contributed by atoms with Gasteiger partial charge in [0, 0.05) is 5.56 Å². The summed E-state index contributed by atoms with van der Waals surface area (Å²) in [5, 5.41) is 15.6. The summed E-state index contributed by atoms with van der Waals surface area (Å²) in [7, 11) is 0. The molecule has 2 N–H and O–H groups in total. The predicted molar refractivity (Wildman–Crippen MR) is 55.0 cm³/mol. The summed E-state index contributed by atoms with van der Waals surface area (Å²) in [6.07, 6.45) is 0. The minimum Gasteiger partial charge on any atom is -0.476 e. The van der Waals surface area contributed by atoms with Crippen LogP contribution in [0.1, 0.15) is 10.5 Å². The van der Waals surface area contributed by atoms with Crippen molar-refractivity contribution >= 4 is 5.97 Å². The van der Waals surface area contributed by atoms with Crippen molar-refractivity contribution in [3.8, 4) is 11.4 Å². The number of aromatic nitrogens is 3. The van der Waals surface area contributed by atoms with Crippen LogP contribution in [0.3, 0.4) is 0 Å². The maximum atomic E-state index is 11.3. The van der Waals surface area contributed by atoms with Crippen LogP contribution in [0.15, 0.2) is 35.1 Å². The summed E-state index contributed by atoms with van der Waals surface area (Å²) in [4.78, 5) is 24.2. The lowest BCUT2D eigenvalue weighted by atomic mass is 10.2. The van der Waals surface area contributed by atoms with Crippen molar-refractivity contribution in [3.63, 3.8) is 0 Å². The van der Waals surface area contributed by atoms with Gasteiger partial charge in [0.1, 0.15) is 0 Å². The first-order valence-corrected chi connectivity index (χ1v) is 4.44. The van der Waals surface area contributed by atoms with E-state index in [1.165, 1.54) is 0 Å². The first kappa shape index (κ1) is 10.0. The van der Waals surface area contributed by atoms with E-state index in [0.717, 1.165) is 0 Å². The van der Waals surface area contributed by atoms with Crippen LogP contribution in [-0.2, 0) is 0 Å². The summed E-state index contributed by atoms with van der Waals surface area (Å²) < 4.78 is 0. The zero-order valence-electron chi connectivity index (χ0n) is 8.04. The summed E-state index contributed by atoms with van der Waals surface area (Å²) in [5.74, 6) is -1.15. The molecule has 0 aliphatic carbocycles. The van der Waals surface area contributed by atoms with Crippen molar-refractivity contribution < 1.29 is 9.90 Å². The lowest BCUT2D eigenvalue weighted by Gasteiger charge is -1.98. The van der Waals surface area contributed by atoms with Gasteiger partial charge in [-0.05, 0) is 0 Å². The lowest BCUT2D eigenvalue weighted by molar-refractivity contribution is 0.0687. The van der Waals surface area contributed by atoms with Gasteiger partial charge in [-0.2, -0.15) is 0 Å². The standard InChI is InChI=1S/C10H7N3O3/c14-9-7(10(15)16)12-13-8(11-9)6-4-2-1-3-5-6/h1-5H,(H,15,16)(H,11,13,14). The van der Waals surface area contributed by atoms with Crippen molar-refractivity contribution in [2.45, 2.75) is 0 Å². The van der Waals surface area contributed by atoms with Gasteiger partial charge in [0.2, 0.25) is 5.69 Å². The van der Waals surface area contributed by atoms with Gasteiger partial charge in [-0.1, -0.05) is 30.3 Å². The number of hydrogen-bond acceptors (Lipinski definition) is 4. The number of carboxylic acids is 1. The van der Waals surface area contributed by atoms with Crippen LogP contribution in [-0.4, -0.2) is 26.3 Å². The molecule has 0 saturated carbocycles. The minimum absolute atomic E-state index is 0.246. The number of nitrogens with zero attached hydrogens (tertiary/aromatic N) is 2. The second-order valence-electron chi connectivity index (χ2n) is 3.02. The number of benzene rings is 1. The number of carboxylic acid groups (broad SMARTS) is 1. The third-order valence-corrected chi connectivity index (χ3v) is 1.95. The number of rotatable bonds is 2. The van der Waals surface area contributed by atoms with E-state index in [1.807, 2.05) is 6.07 Å². The van der Waals surface area contributed by atoms with Crippen molar-refractivity contribution in [3.05, 3.63) is 46.4 Å². The second kappa shape index (κ2) is 3.93. The number of H-pyrrole nitrogens is 1. The Balaban J connectivity index is 2.51. The van der Waals surface area contributed by atoms with E-state index in [2.05, 4.69) is 15.2 Å². The molecule has 6 nitrogen and oxygen atoms in total. The van der Waals surface area contributed by atoms with Crippen LogP contribution < -0.4 is 5.56 Å². The van der Waals surface area contributed by atoms with Gasteiger partial charge in [0.15, 0.2) is 5.82 Å². The normalized spacial score (nSPS) is 10.0. The van der Waals surface area contributed by atoms with Crippen LogP contribution in [0.4, 0.5) is 0 Å². The molecule has 0 fully saturated rings. The molecule has 2 aromatic rings. The van der Waals surface area contributed by atoms with Gasteiger partial charge in [0.25, 0.3) is 5.56 Å². The molecular formula is C10H7N3O3. The Labute approximate surface area is 89.6 Å². The van der Waals surface area contributed by atoms with E-state index in [4.69, 9.17) is 5.11 Å². The van der Waals surface area contributed by atoms with Gasteiger partial charge in [-0.25, -0.2) is 4.79 Å². The van der Waals surface area contributed by atoms with Gasteiger partial charge in [0.05, 0.1) is 0 Å². The minimum atomic E-state index is -1.40. The molecule has 0 unspecified atom stereocenters. The highest BCUT2D eigenvalue weighted by Gasteiger charge is 2.12. The highest BCUT2D eigenvalue weighted by atomic mass is 16.4. The smallest absolute Gasteiger partial charge is 0.362 e. The van der Waals surface area contributed by atoms with Crippen molar-refractivity contribution in [1.29, 1.82) is 0 Å². The van der Waals surface area contributed by atoms with E-state index in [1.54, 1.807) is 24.3 Å². The summed E-state index contributed by atoms with van der Waals surface area (Å²) in [6.45, 7) is 0. The molecule has 16 heavy (non-hydrogen) atoms. The summed E-state index contributed by atoms with van der Waals surface area (Å²) in [5.41, 5.74) is -0.704. The quantitative estimate of drug-likeness (QED) is 0.764. The highest BCUT2D eigenvalue weighted by molar-refractivity contribution is 5.84. The molecule has 1 aromatic carbocycles. The first-order valence-electron chi connectivity index (χ1n) is 4.44. The molecule has 1 heterocycles. The Kier molecular flexibility index (Phi) is 2.47. The van der Waals surface area contributed by atoms with E-state index >= 15 is 0 Å². The van der Waals surface area contributed by atoms with Gasteiger partial charge >= 0.3 is 5.97 Å². The summed E-state index contributed by atoms with van der Waals surface area (Å²) >= 11 is 0. The molecule has 6 heteroatoms. The Hall–Kier alpha value is -2.50.